The number of carbonyl (C=O) groups is 1. The van der Waals surface area contributed by atoms with Gasteiger partial charge in [0.25, 0.3) is 5.91 Å². The third-order valence-electron chi connectivity index (χ3n) is 7.14. The van der Waals surface area contributed by atoms with Crippen molar-refractivity contribution in [2.24, 2.45) is 0 Å². The number of benzene rings is 1. The summed E-state index contributed by atoms with van der Waals surface area (Å²) in [4.78, 5) is 20.3. The second-order valence-corrected chi connectivity index (χ2v) is 10.4. The van der Waals surface area contributed by atoms with Gasteiger partial charge in [-0.15, -0.1) is 11.3 Å². The van der Waals surface area contributed by atoms with Gasteiger partial charge in [0.15, 0.2) is 5.69 Å². The minimum Gasteiger partial charge on any atom is -0.337 e. The Balaban J connectivity index is 1.22. The monoisotopic (exact) mass is 477 g/mol. The summed E-state index contributed by atoms with van der Waals surface area (Å²) >= 11 is 1.74. The summed E-state index contributed by atoms with van der Waals surface area (Å²) in [6, 6.07) is 10.7. The Kier molecular flexibility index (Phi) is 7.40. The van der Waals surface area contributed by atoms with E-state index in [2.05, 4.69) is 46.6 Å². The largest absolute Gasteiger partial charge is 0.337 e. The van der Waals surface area contributed by atoms with Gasteiger partial charge in [-0.25, -0.2) is 4.98 Å². The molecule has 2 aromatic heterocycles. The minimum atomic E-state index is 0.141. The third-order valence-corrected chi connectivity index (χ3v) is 8.04. The number of thiazole rings is 1. The number of fused-ring (bicyclic) bond motifs is 1. The number of nitrogens with one attached hydrogen (secondary N) is 1. The standard InChI is InChI=1S/C27H35N5OS/c1-2-32-24-13-12-21(18-22(24)26(30-32)27(33)31-16-8-3-4-9-17-31)28-15-14-25-29-23(19-34-25)20-10-6-5-7-11-20/h5-7,10-11,19,21,28H,2-4,8-9,12-18H2,1H3/t21-/m0/s1. The van der Waals surface area contributed by atoms with Crippen LogP contribution in [-0.2, 0) is 25.8 Å². The van der Waals surface area contributed by atoms with E-state index in [0.29, 0.717) is 11.7 Å². The molecule has 6 nitrogen and oxygen atoms in total. The number of nitrogens with zero attached hydrogens (tertiary/aromatic N) is 4. The molecule has 34 heavy (non-hydrogen) atoms. The van der Waals surface area contributed by atoms with Crippen molar-refractivity contribution in [3.63, 3.8) is 0 Å². The Labute approximate surface area is 206 Å². The SMILES string of the molecule is CCn1nc(C(=O)N2CCCCCC2)c2c1CC[C@H](NCCc1nc(-c3ccccc3)cs1)C2. The molecule has 2 aliphatic rings. The maximum Gasteiger partial charge on any atom is 0.274 e. The van der Waals surface area contributed by atoms with Crippen molar-refractivity contribution < 1.29 is 4.79 Å². The highest BCUT2D eigenvalue weighted by Crippen LogP contribution is 2.27. The lowest BCUT2D eigenvalue weighted by atomic mass is 9.91. The predicted octanol–water partition coefficient (Wildman–Crippen LogP) is 4.73. The van der Waals surface area contributed by atoms with Crippen molar-refractivity contribution in [2.75, 3.05) is 19.6 Å². The summed E-state index contributed by atoms with van der Waals surface area (Å²) in [5, 5.41) is 11.9. The highest BCUT2D eigenvalue weighted by molar-refractivity contribution is 7.09. The summed E-state index contributed by atoms with van der Waals surface area (Å²) in [5.41, 5.74) is 5.39. The van der Waals surface area contributed by atoms with Crippen LogP contribution in [0.15, 0.2) is 35.7 Å². The molecule has 0 radical (unpaired) electrons. The van der Waals surface area contributed by atoms with Gasteiger partial charge in [-0.1, -0.05) is 43.2 Å². The molecule has 3 heterocycles. The van der Waals surface area contributed by atoms with E-state index in [9.17, 15) is 4.79 Å². The van der Waals surface area contributed by atoms with Crippen molar-refractivity contribution >= 4 is 17.2 Å². The highest BCUT2D eigenvalue weighted by Gasteiger charge is 2.31. The predicted molar refractivity (Wildman–Crippen MR) is 137 cm³/mol. The third kappa shape index (κ3) is 5.10. The molecular weight excluding hydrogens is 442 g/mol. The van der Waals surface area contributed by atoms with Crippen LogP contribution in [0.2, 0.25) is 0 Å². The molecule has 0 spiro atoms. The van der Waals surface area contributed by atoms with Crippen molar-refractivity contribution in [1.29, 1.82) is 0 Å². The number of rotatable bonds is 7. The number of aromatic nitrogens is 3. The van der Waals surface area contributed by atoms with Crippen molar-refractivity contribution in [2.45, 2.75) is 70.9 Å². The Bertz CT molecular complexity index is 1100. The van der Waals surface area contributed by atoms with E-state index in [1.54, 1.807) is 11.3 Å². The molecule has 1 atom stereocenters. The van der Waals surface area contributed by atoms with Crippen LogP contribution in [0.25, 0.3) is 11.3 Å². The number of hydrogen-bond acceptors (Lipinski definition) is 5. The van der Waals surface area contributed by atoms with Crippen LogP contribution in [0.3, 0.4) is 0 Å². The van der Waals surface area contributed by atoms with Gasteiger partial charge in [-0.2, -0.15) is 5.10 Å². The Morgan fingerprint density at radius 1 is 1.15 bits per heavy atom. The van der Waals surface area contributed by atoms with E-state index in [1.165, 1.54) is 34.7 Å². The lowest BCUT2D eigenvalue weighted by molar-refractivity contribution is 0.0753. The minimum absolute atomic E-state index is 0.141. The van der Waals surface area contributed by atoms with Crippen LogP contribution in [0, 0.1) is 0 Å². The first-order valence-electron chi connectivity index (χ1n) is 12.8. The van der Waals surface area contributed by atoms with Gasteiger partial charge in [0.05, 0.1) is 10.7 Å². The molecule has 1 fully saturated rings. The molecule has 0 saturated carbocycles. The molecule has 3 aromatic rings. The first kappa shape index (κ1) is 23.2. The first-order valence-corrected chi connectivity index (χ1v) is 13.7. The van der Waals surface area contributed by atoms with Gasteiger partial charge in [0.1, 0.15) is 0 Å². The fourth-order valence-corrected chi connectivity index (χ4v) is 6.08. The van der Waals surface area contributed by atoms with Crippen LogP contribution < -0.4 is 5.32 Å². The maximum absolute atomic E-state index is 13.4. The quantitative estimate of drug-likeness (QED) is 0.534. The van der Waals surface area contributed by atoms with Crippen LogP contribution >= 0.6 is 11.3 Å². The van der Waals surface area contributed by atoms with Gasteiger partial charge >= 0.3 is 0 Å². The molecule has 1 saturated heterocycles. The molecule has 1 aromatic carbocycles. The average molecular weight is 478 g/mol. The number of hydrogen-bond donors (Lipinski definition) is 1. The van der Waals surface area contributed by atoms with Gasteiger partial charge < -0.3 is 10.2 Å². The molecule has 1 amide bonds. The molecule has 0 unspecified atom stereocenters. The van der Waals surface area contributed by atoms with E-state index >= 15 is 0 Å². The summed E-state index contributed by atoms with van der Waals surface area (Å²) in [6.45, 7) is 5.58. The van der Waals surface area contributed by atoms with Crippen LogP contribution in [0.1, 0.15) is 65.8 Å². The average Bonchev–Trinajstić information content (AvgIpc) is 3.39. The van der Waals surface area contributed by atoms with Gasteiger partial charge in [0, 0.05) is 60.8 Å². The van der Waals surface area contributed by atoms with Crippen LogP contribution in [-0.4, -0.2) is 51.2 Å². The van der Waals surface area contributed by atoms with E-state index in [-0.39, 0.29) is 5.91 Å². The lowest BCUT2D eigenvalue weighted by Gasteiger charge is -2.25. The van der Waals surface area contributed by atoms with Crippen LogP contribution in [0.5, 0.6) is 0 Å². The Morgan fingerprint density at radius 3 is 2.71 bits per heavy atom. The summed E-state index contributed by atoms with van der Waals surface area (Å²) in [5.74, 6) is 0.141. The van der Waals surface area contributed by atoms with Crippen molar-refractivity contribution in [3.05, 3.63) is 57.7 Å². The van der Waals surface area contributed by atoms with Gasteiger partial charge in [0.2, 0.25) is 0 Å². The van der Waals surface area contributed by atoms with E-state index in [0.717, 1.165) is 70.4 Å². The van der Waals surface area contributed by atoms with Crippen molar-refractivity contribution in [3.8, 4) is 11.3 Å². The molecule has 5 rings (SSSR count). The summed E-state index contributed by atoms with van der Waals surface area (Å²) in [6.07, 6.45) is 8.54. The highest BCUT2D eigenvalue weighted by atomic mass is 32.1. The second-order valence-electron chi connectivity index (χ2n) is 9.43. The zero-order chi connectivity index (χ0) is 23.3. The maximum atomic E-state index is 13.4. The molecule has 0 bridgehead atoms. The summed E-state index contributed by atoms with van der Waals surface area (Å²) in [7, 11) is 0. The number of likely N-dealkylation sites (tertiary alicyclic amines) is 1. The molecular formula is C27H35N5OS. The van der Waals surface area contributed by atoms with Crippen LogP contribution in [0.4, 0.5) is 0 Å². The second kappa shape index (κ2) is 10.8. The van der Waals surface area contributed by atoms with Crippen molar-refractivity contribution in [1.82, 2.24) is 25.0 Å². The van der Waals surface area contributed by atoms with E-state index in [1.807, 2.05) is 11.0 Å². The molecule has 1 N–H and O–H groups in total. The number of amides is 1. The zero-order valence-corrected chi connectivity index (χ0v) is 20.9. The van der Waals surface area contributed by atoms with Gasteiger partial charge in [-0.05, 0) is 39.0 Å². The zero-order valence-electron chi connectivity index (χ0n) is 20.1. The Hall–Kier alpha value is -2.51. The van der Waals surface area contributed by atoms with Gasteiger partial charge in [-0.3, -0.25) is 9.48 Å². The first-order chi connectivity index (χ1) is 16.7. The topological polar surface area (TPSA) is 63.1 Å². The molecule has 7 heteroatoms. The summed E-state index contributed by atoms with van der Waals surface area (Å²) < 4.78 is 2.07. The van der Waals surface area contributed by atoms with E-state index < -0.39 is 0 Å². The Morgan fingerprint density at radius 2 is 1.94 bits per heavy atom. The van der Waals surface area contributed by atoms with E-state index in [4.69, 9.17) is 10.1 Å². The fraction of sp³-hybridized carbons (Fsp3) is 0.519. The normalized spacial score (nSPS) is 18.5. The fourth-order valence-electron chi connectivity index (χ4n) is 5.27. The molecule has 1 aliphatic carbocycles. The number of carbonyl (C=O) groups excluding carboxylic acids is 1. The lowest BCUT2D eigenvalue weighted by Crippen LogP contribution is -2.37. The number of aryl methyl sites for hydroxylation is 1. The molecule has 1 aliphatic heterocycles. The molecule has 180 valence electrons. The smallest absolute Gasteiger partial charge is 0.274 e.